The van der Waals surface area contributed by atoms with E-state index in [0.717, 1.165) is 77.0 Å². The number of allylic oxidation sites excluding steroid dienone is 7. The van der Waals surface area contributed by atoms with Crippen LogP contribution in [0.5, 0.6) is 0 Å². The van der Waals surface area contributed by atoms with Crippen LogP contribution in [-0.2, 0) is 33.2 Å². The van der Waals surface area contributed by atoms with Gasteiger partial charge in [-0.25, -0.2) is 0 Å². The average Bonchev–Trinajstić information content (AvgIpc) is 3.39. The molecule has 1 amide bonds. The summed E-state index contributed by atoms with van der Waals surface area (Å²) in [5.74, 6) is -0.299. The van der Waals surface area contributed by atoms with E-state index in [0.29, 0.717) is 12.8 Å². The highest BCUT2D eigenvalue weighted by atomic mass is 16.8. The number of ether oxygens (including phenoxy) is 6. The van der Waals surface area contributed by atoms with Crippen LogP contribution in [0.3, 0.4) is 0 Å². The summed E-state index contributed by atoms with van der Waals surface area (Å²) >= 11 is 0. The summed E-state index contributed by atoms with van der Waals surface area (Å²) in [5.41, 5.74) is 0. The number of aliphatic hydroxyl groups excluding tert-OH is 11. The Hall–Kier alpha value is -2.25. The highest BCUT2D eigenvalue weighted by Gasteiger charge is 2.53. The van der Waals surface area contributed by atoms with Crippen LogP contribution in [0.25, 0.3) is 0 Å². The van der Waals surface area contributed by atoms with Crippen LogP contribution in [-0.4, -0.2) is 193 Å². The molecule has 17 atom stereocenters. The van der Waals surface area contributed by atoms with E-state index in [-0.39, 0.29) is 18.9 Å². The van der Waals surface area contributed by atoms with E-state index in [4.69, 9.17) is 28.4 Å². The van der Waals surface area contributed by atoms with Gasteiger partial charge in [-0.15, -0.1) is 0 Å². The lowest BCUT2D eigenvalue weighted by Gasteiger charge is -2.48. The highest BCUT2D eigenvalue weighted by molar-refractivity contribution is 5.76. The van der Waals surface area contributed by atoms with E-state index in [1.807, 2.05) is 6.08 Å². The van der Waals surface area contributed by atoms with Crippen molar-refractivity contribution in [2.24, 2.45) is 0 Å². The van der Waals surface area contributed by atoms with Crippen LogP contribution in [0.4, 0.5) is 0 Å². The Morgan fingerprint density at radius 2 is 0.918 bits per heavy atom. The lowest BCUT2D eigenvalue weighted by molar-refractivity contribution is -0.379. The number of nitrogens with one attached hydrogen (secondary N) is 1. The molecular weight excluding hydrogens is 951 g/mol. The first kappa shape index (κ1) is 65.0. The van der Waals surface area contributed by atoms with Gasteiger partial charge in [0.25, 0.3) is 0 Å². The Labute approximate surface area is 433 Å². The molecule has 0 radical (unpaired) electrons. The molecule has 12 N–H and O–H groups in total. The fraction of sp³-hybridized carbons (Fsp3) is 0.833. The molecule has 0 aromatic heterocycles. The monoisotopic (exact) mass is 1050 g/mol. The van der Waals surface area contributed by atoms with E-state index in [2.05, 4.69) is 55.6 Å². The first-order valence-electron chi connectivity index (χ1n) is 27.4. The predicted molar refractivity (Wildman–Crippen MR) is 272 cm³/mol. The summed E-state index contributed by atoms with van der Waals surface area (Å²) in [6.45, 7) is 1.60. The topological polar surface area (TPSA) is 307 Å². The lowest BCUT2D eigenvalue weighted by atomic mass is 9.96. The molecule has 0 bridgehead atoms. The zero-order valence-electron chi connectivity index (χ0n) is 43.6. The van der Waals surface area contributed by atoms with Crippen molar-refractivity contribution in [2.45, 2.75) is 259 Å². The van der Waals surface area contributed by atoms with Crippen LogP contribution in [0, 0.1) is 0 Å². The molecule has 19 heteroatoms. The third-order valence-corrected chi connectivity index (χ3v) is 13.6. The molecule has 19 nitrogen and oxygen atoms in total. The maximum absolute atomic E-state index is 13.2. The molecule has 3 aliphatic heterocycles. The first-order valence-corrected chi connectivity index (χ1v) is 27.4. The molecule has 73 heavy (non-hydrogen) atoms. The molecule has 3 heterocycles. The zero-order valence-corrected chi connectivity index (χ0v) is 43.6. The third-order valence-electron chi connectivity index (χ3n) is 13.6. The number of hydrogen-bond acceptors (Lipinski definition) is 18. The number of rotatable bonds is 38. The van der Waals surface area contributed by atoms with Crippen molar-refractivity contribution in [2.75, 3.05) is 26.4 Å². The number of amides is 1. The molecule has 17 unspecified atom stereocenters. The van der Waals surface area contributed by atoms with Crippen molar-refractivity contribution in [3.8, 4) is 0 Å². The standard InChI is InChI=1S/C54H95NO18/c1-3-5-7-9-11-13-15-16-17-18-19-20-21-22-24-26-28-30-32-42(60)55-37(38(59)31-29-27-25-23-14-12-10-8-6-4-2)36-68-52-48(66)45(63)50(40(34-57)70-52)73-54-49(67)46(64)51(41(35-58)71-54)72-53-47(65)44(62)43(61)39(33-56)69-53/h13-15,17-18,23,29,31,37-41,43-54,56-59,61-67H,3-12,16,19-22,24-28,30,32-36H2,1-2H3,(H,55,60)/b15-13-,18-17-,23-14+,31-29+. The molecule has 0 aromatic carbocycles. The minimum absolute atomic E-state index is 0.225. The SMILES string of the molecule is CCCCCC/C=C\C/C=C\CCCCCCCCCC(=O)NC(COC1OC(CO)C(OC2OC(CO)C(OC3OC(CO)C(O)C(O)C3O)C(O)C2O)C(O)C1O)C(O)/C=C/CC/C=C/CCCCCC. The van der Waals surface area contributed by atoms with E-state index in [1.54, 1.807) is 6.08 Å². The molecule has 3 saturated heterocycles. The zero-order chi connectivity index (χ0) is 53.4. The van der Waals surface area contributed by atoms with Crippen LogP contribution in [0.1, 0.15) is 155 Å². The second-order valence-corrected chi connectivity index (χ2v) is 19.7. The Morgan fingerprint density at radius 1 is 0.493 bits per heavy atom. The molecule has 0 aromatic rings. The summed E-state index contributed by atoms with van der Waals surface area (Å²) in [7, 11) is 0. The van der Waals surface area contributed by atoms with E-state index < -0.39 is 124 Å². The van der Waals surface area contributed by atoms with Crippen LogP contribution in [0.2, 0.25) is 0 Å². The Kier molecular flexibility index (Phi) is 34.1. The van der Waals surface area contributed by atoms with Crippen LogP contribution in [0.15, 0.2) is 48.6 Å². The van der Waals surface area contributed by atoms with Crippen LogP contribution < -0.4 is 5.32 Å². The summed E-state index contributed by atoms with van der Waals surface area (Å²) in [6, 6.07) is -0.992. The van der Waals surface area contributed by atoms with Gasteiger partial charge in [-0.05, 0) is 64.2 Å². The summed E-state index contributed by atoms with van der Waals surface area (Å²) < 4.78 is 34.1. The highest BCUT2D eigenvalue weighted by Crippen LogP contribution is 2.33. The predicted octanol–water partition coefficient (Wildman–Crippen LogP) is 3.14. The maximum Gasteiger partial charge on any atom is 0.220 e. The fourth-order valence-corrected chi connectivity index (χ4v) is 9.00. The van der Waals surface area contributed by atoms with Gasteiger partial charge in [0.05, 0.1) is 38.6 Å². The van der Waals surface area contributed by atoms with Crippen LogP contribution >= 0.6 is 0 Å². The molecule has 0 aliphatic carbocycles. The van der Waals surface area contributed by atoms with Crippen molar-refractivity contribution in [1.82, 2.24) is 5.32 Å². The second-order valence-electron chi connectivity index (χ2n) is 19.7. The molecule has 424 valence electrons. The van der Waals surface area contributed by atoms with Gasteiger partial charge in [0, 0.05) is 6.42 Å². The van der Waals surface area contributed by atoms with E-state index in [1.165, 1.54) is 44.9 Å². The quantitative estimate of drug-likeness (QED) is 0.0312. The Balaban J connectivity index is 1.53. The lowest BCUT2D eigenvalue weighted by Crippen LogP contribution is -2.66. The smallest absolute Gasteiger partial charge is 0.220 e. The fourth-order valence-electron chi connectivity index (χ4n) is 9.00. The van der Waals surface area contributed by atoms with Gasteiger partial charge >= 0.3 is 0 Å². The van der Waals surface area contributed by atoms with Gasteiger partial charge in [0.15, 0.2) is 18.9 Å². The molecule has 3 aliphatic rings. The molecule has 0 spiro atoms. The second kappa shape index (κ2) is 38.3. The molecular formula is C54H95NO18. The number of unbranched alkanes of at least 4 members (excludes halogenated alkanes) is 16. The summed E-state index contributed by atoms with van der Waals surface area (Å²) in [4.78, 5) is 13.2. The first-order chi connectivity index (χ1) is 35.3. The molecule has 3 fully saturated rings. The number of carbonyl (C=O) groups is 1. The van der Waals surface area contributed by atoms with Gasteiger partial charge in [-0.1, -0.05) is 133 Å². The number of carbonyl (C=O) groups excluding carboxylic acids is 1. The van der Waals surface area contributed by atoms with Gasteiger partial charge in [0.2, 0.25) is 5.91 Å². The van der Waals surface area contributed by atoms with Crippen molar-refractivity contribution in [3.05, 3.63) is 48.6 Å². The van der Waals surface area contributed by atoms with E-state index in [9.17, 15) is 61.0 Å². The molecule has 3 rings (SSSR count). The van der Waals surface area contributed by atoms with Gasteiger partial charge in [0.1, 0.15) is 73.2 Å². The van der Waals surface area contributed by atoms with Gasteiger partial charge in [-0.2, -0.15) is 0 Å². The minimum atomic E-state index is -1.98. The minimum Gasteiger partial charge on any atom is -0.394 e. The molecule has 0 saturated carbocycles. The van der Waals surface area contributed by atoms with Crippen molar-refractivity contribution in [3.63, 3.8) is 0 Å². The largest absolute Gasteiger partial charge is 0.394 e. The van der Waals surface area contributed by atoms with Gasteiger partial charge in [-0.3, -0.25) is 4.79 Å². The average molecular weight is 1050 g/mol. The van der Waals surface area contributed by atoms with Crippen molar-refractivity contribution < 1.29 is 89.4 Å². The summed E-state index contributed by atoms with van der Waals surface area (Å²) in [6.07, 6.45) is 12.6. The normalized spacial score (nSPS) is 32.1. The Bertz CT molecular complexity index is 1530. The van der Waals surface area contributed by atoms with Crippen molar-refractivity contribution >= 4 is 5.91 Å². The number of aliphatic hydroxyl groups is 11. The summed E-state index contributed by atoms with van der Waals surface area (Å²) in [5, 5.41) is 120. The Morgan fingerprint density at radius 3 is 1.45 bits per heavy atom. The van der Waals surface area contributed by atoms with Crippen molar-refractivity contribution in [1.29, 1.82) is 0 Å². The van der Waals surface area contributed by atoms with Gasteiger partial charge < -0.3 is 89.9 Å². The number of hydrogen-bond donors (Lipinski definition) is 12. The maximum atomic E-state index is 13.2. The van der Waals surface area contributed by atoms with E-state index >= 15 is 0 Å². The third kappa shape index (κ3) is 23.5.